The van der Waals surface area contributed by atoms with Gasteiger partial charge in [0.25, 0.3) is 0 Å². The van der Waals surface area contributed by atoms with E-state index in [4.69, 9.17) is 23.2 Å². The summed E-state index contributed by atoms with van der Waals surface area (Å²) in [5.74, 6) is 0. The maximum Gasteiger partial charge on any atom is 0.243 e. The van der Waals surface area contributed by atoms with Gasteiger partial charge in [0.1, 0.15) is 0 Å². The first-order valence-corrected chi connectivity index (χ1v) is 8.51. The number of halogens is 2. The summed E-state index contributed by atoms with van der Waals surface area (Å²) >= 11 is 11.9. The molecule has 1 atom stereocenters. The van der Waals surface area contributed by atoms with E-state index < -0.39 is 10.0 Å². The van der Waals surface area contributed by atoms with Crippen LogP contribution in [0.1, 0.15) is 31.7 Å². The molecule has 0 aromatic heterocycles. The van der Waals surface area contributed by atoms with Gasteiger partial charge in [0.2, 0.25) is 10.0 Å². The van der Waals surface area contributed by atoms with Crippen LogP contribution in [-0.2, 0) is 10.0 Å². The van der Waals surface area contributed by atoms with Gasteiger partial charge >= 0.3 is 0 Å². The Hall–Kier alpha value is -0.290. The molecule has 0 saturated carbocycles. The van der Waals surface area contributed by atoms with Gasteiger partial charge in [-0.05, 0) is 44.4 Å². The molecule has 0 bridgehead atoms. The zero-order valence-corrected chi connectivity index (χ0v) is 13.3. The average molecular weight is 322 g/mol. The third kappa shape index (κ3) is 2.92. The molecule has 0 amide bonds. The zero-order valence-electron chi connectivity index (χ0n) is 11.0. The predicted molar refractivity (Wildman–Crippen MR) is 78.4 cm³/mol. The molecule has 1 saturated heterocycles. The Labute approximate surface area is 124 Å². The maximum absolute atomic E-state index is 12.7. The molecule has 0 aliphatic carbocycles. The quantitative estimate of drug-likeness (QED) is 0.829. The number of aryl methyl sites for hydroxylation is 1. The summed E-state index contributed by atoms with van der Waals surface area (Å²) in [5.41, 5.74) is 0.632. The first-order chi connectivity index (χ1) is 8.84. The molecule has 19 heavy (non-hydrogen) atoms. The smallest absolute Gasteiger partial charge is 0.207 e. The number of rotatable bonds is 2. The highest BCUT2D eigenvalue weighted by Gasteiger charge is 2.32. The minimum atomic E-state index is -3.49. The Kier molecular flexibility index (Phi) is 4.45. The van der Waals surface area contributed by atoms with E-state index in [0.717, 1.165) is 19.3 Å². The predicted octanol–water partition coefficient (Wildman–Crippen LogP) is 3.86. The molecule has 6 heteroatoms. The second kappa shape index (κ2) is 5.60. The van der Waals surface area contributed by atoms with Crippen molar-refractivity contribution in [3.63, 3.8) is 0 Å². The summed E-state index contributed by atoms with van der Waals surface area (Å²) in [6, 6.07) is 3.09. The summed E-state index contributed by atoms with van der Waals surface area (Å²) in [6.07, 6.45) is 2.89. The Balaban J connectivity index is 2.47. The summed E-state index contributed by atoms with van der Waals surface area (Å²) < 4.78 is 27.0. The molecule has 0 spiro atoms. The third-order valence-electron chi connectivity index (χ3n) is 3.55. The van der Waals surface area contributed by atoms with Crippen molar-refractivity contribution in [1.82, 2.24) is 4.31 Å². The minimum Gasteiger partial charge on any atom is -0.207 e. The lowest BCUT2D eigenvalue weighted by Gasteiger charge is -2.32. The molecular formula is C13H17Cl2NO2S. The number of benzene rings is 1. The van der Waals surface area contributed by atoms with E-state index >= 15 is 0 Å². The number of hydrogen-bond acceptors (Lipinski definition) is 2. The van der Waals surface area contributed by atoms with Crippen molar-refractivity contribution in [3.8, 4) is 0 Å². The van der Waals surface area contributed by atoms with Crippen LogP contribution < -0.4 is 0 Å². The first-order valence-electron chi connectivity index (χ1n) is 6.31. The summed E-state index contributed by atoms with van der Waals surface area (Å²) in [5, 5.41) is 0.653. The van der Waals surface area contributed by atoms with Crippen LogP contribution in [0.25, 0.3) is 0 Å². The van der Waals surface area contributed by atoms with Crippen molar-refractivity contribution < 1.29 is 8.42 Å². The Morgan fingerprint density at radius 2 is 1.84 bits per heavy atom. The van der Waals surface area contributed by atoms with Crippen LogP contribution in [0.5, 0.6) is 0 Å². The van der Waals surface area contributed by atoms with Gasteiger partial charge in [0.15, 0.2) is 0 Å². The molecule has 1 aromatic carbocycles. The second-order valence-electron chi connectivity index (χ2n) is 4.99. The van der Waals surface area contributed by atoms with Crippen LogP contribution >= 0.6 is 23.2 Å². The lowest BCUT2D eigenvalue weighted by Crippen LogP contribution is -2.42. The summed E-state index contributed by atoms with van der Waals surface area (Å²) in [6.45, 7) is 4.26. The largest absolute Gasteiger partial charge is 0.243 e. The number of nitrogens with zero attached hydrogens (tertiary/aromatic N) is 1. The van der Waals surface area contributed by atoms with Crippen LogP contribution in [0.3, 0.4) is 0 Å². The molecule has 0 radical (unpaired) electrons. The Morgan fingerprint density at radius 3 is 2.47 bits per heavy atom. The van der Waals surface area contributed by atoms with E-state index in [1.165, 1.54) is 6.07 Å². The molecule has 106 valence electrons. The fourth-order valence-electron chi connectivity index (χ4n) is 2.46. The second-order valence-corrected chi connectivity index (χ2v) is 7.67. The Bertz CT molecular complexity index is 587. The average Bonchev–Trinajstić information content (AvgIpc) is 2.34. The highest BCUT2D eigenvalue weighted by Crippen LogP contribution is 2.32. The van der Waals surface area contributed by atoms with Crippen LogP contribution in [0, 0.1) is 6.92 Å². The molecule has 0 unspecified atom stereocenters. The van der Waals surface area contributed by atoms with Crippen molar-refractivity contribution in [3.05, 3.63) is 27.7 Å². The van der Waals surface area contributed by atoms with E-state index in [0.29, 0.717) is 17.1 Å². The molecular weight excluding hydrogens is 305 g/mol. The molecule has 1 aliphatic rings. The third-order valence-corrected chi connectivity index (χ3v) is 6.42. The lowest BCUT2D eigenvalue weighted by molar-refractivity contribution is 0.268. The fourth-order valence-corrected chi connectivity index (χ4v) is 4.84. The highest BCUT2D eigenvalue weighted by atomic mass is 35.5. The molecule has 1 aromatic rings. The van der Waals surface area contributed by atoms with E-state index in [2.05, 4.69) is 0 Å². The van der Waals surface area contributed by atoms with E-state index in [1.807, 2.05) is 6.92 Å². The SMILES string of the molecule is Cc1cc(Cl)c(Cl)cc1S(=O)(=O)N1CCCC[C@@H]1C. The molecule has 1 fully saturated rings. The summed E-state index contributed by atoms with van der Waals surface area (Å²) in [4.78, 5) is 0.260. The molecule has 2 rings (SSSR count). The van der Waals surface area contributed by atoms with Gasteiger partial charge in [-0.3, -0.25) is 0 Å². The first kappa shape index (κ1) is 15.1. The lowest BCUT2D eigenvalue weighted by atomic mass is 10.1. The van der Waals surface area contributed by atoms with Crippen LogP contribution in [0.2, 0.25) is 10.0 Å². The van der Waals surface area contributed by atoms with Gasteiger partial charge in [-0.2, -0.15) is 4.31 Å². The molecule has 1 heterocycles. The van der Waals surface area contributed by atoms with Gasteiger partial charge in [-0.15, -0.1) is 0 Å². The highest BCUT2D eigenvalue weighted by molar-refractivity contribution is 7.89. The zero-order chi connectivity index (χ0) is 14.2. The van der Waals surface area contributed by atoms with E-state index in [1.54, 1.807) is 17.3 Å². The maximum atomic E-state index is 12.7. The van der Waals surface area contributed by atoms with Crippen LogP contribution in [-0.4, -0.2) is 25.3 Å². The molecule has 0 N–H and O–H groups in total. The van der Waals surface area contributed by atoms with Crippen LogP contribution in [0.4, 0.5) is 0 Å². The van der Waals surface area contributed by atoms with Crippen molar-refractivity contribution in [1.29, 1.82) is 0 Å². The topological polar surface area (TPSA) is 37.4 Å². The molecule has 3 nitrogen and oxygen atoms in total. The Morgan fingerprint density at radius 1 is 1.21 bits per heavy atom. The van der Waals surface area contributed by atoms with Gasteiger partial charge in [0.05, 0.1) is 14.9 Å². The molecule has 1 aliphatic heterocycles. The van der Waals surface area contributed by atoms with Crippen molar-refractivity contribution in [2.24, 2.45) is 0 Å². The fraction of sp³-hybridized carbons (Fsp3) is 0.538. The van der Waals surface area contributed by atoms with Crippen LogP contribution in [0.15, 0.2) is 17.0 Å². The number of sulfonamides is 1. The number of piperidine rings is 1. The van der Waals surface area contributed by atoms with E-state index in [9.17, 15) is 8.42 Å². The standard InChI is InChI=1S/C13H17Cl2NO2S/c1-9-7-11(14)12(15)8-13(9)19(17,18)16-6-4-3-5-10(16)2/h7-8,10H,3-6H2,1-2H3/t10-/m0/s1. The van der Waals surface area contributed by atoms with Gasteiger partial charge in [-0.1, -0.05) is 29.6 Å². The minimum absolute atomic E-state index is 0.0348. The van der Waals surface area contributed by atoms with E-state index in [-0.39, 0.29) is 16.0 Å². The summed E-state index contributed by atoms with van der Waals surface area (Å²) in [7, 11) is -3.49. The van der Waals surface area contributed by atoms with Crippen molar-refractivity contribution in [2.75, 3.05) is 6.54 Å². The van der Waals surface area contributed by atoms with Crippen molar-refractivity contribution >= 4 is 33.2 Å². The van der Waals surface area contributed by atoms with Gasteiger partial charge in [0, 0.05) is 12.6 Å². The van der Waals surface area contributed by atoms with Crippen molar-refractivity contribution in [2.45, 2.75) is 44.0 Å². The normalized spacial score (nSPS) is 21.6. The monoisotopic (exact) mass is 321 g/mol. The number of hydrogen-bond donors (Lipinski definition) is 0. The van der Waals surface area contributed by atoms with Gasteiger partial charge in [-0.25, -0.2) is 8.42 Å². The van der Waals surface area contributed by atoms with Gasteiger partial charge < -0.3 is 0 Å².